The number of thiophene rings is 1. The molecule has 0 aromatic carbocycles. The highest BCUT2D eigenvalue weighted by molar-refractivity contribution is 7.10. The Kier molecular flexibility index (Phi) is 3.43. The van der Waals surface area contributed by atoms with Crippen molar-refractivity contribution in [2.45, 2.75) is 18.8 Å². The van der Waals surface area contributed by atoms with Crippen LogP contribution in [-0.4, -0.2) is 30.6 Å². The van der Waals surface area contributed by atoms with Crippen LogP contribution >= 0.6 is 11.3 Å². The minimum Gasteiger partial charge on any atom is -0.383 e. The molecule has 0 atom stereocenters. The number of rotatable bonds is 2. The molecule has 2 rings (SSSR count). The molecule has 0 aliphatic heterocycles. The SMILES string of the molecule is CN(C)C=C1C(=O)CC(c2cccs2)CC1=O. The summed E-state index contributed by atoms with van der Waals surface area (Å²) in [6.07, 6.45) is 2.53. The molecule has 1 heterocycles. The Morgan fingerprint density at radius 3 is 2.41 bits per heavy atom. The van der Waals surface area contributed by atoms with E-state index in [9.17, 15) is 9.59 Å². The zero-order chi connectivity index (χ0) is 12.4. The minimum atomic E-state index is -0.0339. The van der Waals surface area contributed by atoms with Gasteiger partial charge >= 0.3 is 0 Å². The van der Waals surface area contributed by atoms with E-state index in [1.54, 1.807) is 22.4 Å². The van der Waals surface area contributed by atoms with E-state index in [1.807, 2.05) is 31.6 Å². The van der Waals surface area contributed by atoms with Crippen LogP contribution in [0.1, 0.15) is 23.6 Å². The quantitative estimate of drug-likeness (QED) is 0.595. The predicted octanol–water partition coefficient (Wildman–Crippen LogP) is 2.21. The Balaban J connectivity index is 2.19. The van der Waals surface area contributed by atoms with E-state index in [4.69, 9.17) is 0 Å². The summed E-state index contributed by atoms with van der Waals surface area (Å²) in [5, 5.41) is 1.98. The lowest BCUT2D eigenvalue weighted by molar-refractivity contribution is -0.124. The van der Waals surface area contributed by atoms with Crippen molar-refractivity contribution in [3.8, 4) is 0 Å². The number of allylic oxidation sites excluding steroid dienone is 1. The van der Waals surface area contributed by atoms with Gasteiger partial charge in [0.1, 0.15) is 0 Å². The maximum atomic E-state index is 11.9. The Morgan fingerprint density at radius 1 is 1.29 bits per heavy atom. The van der Waals surface area contributed by atoms with Crippen molar-refractivity contribution in [3.05, 3.63) is 34.2 Å². The van der Waals surface area contributed by atoms with Crippen LogP contribution in [0.3, 0.4) is 0 Å². The largest absolute Gasteiger partial charge is 0.383 e. The van der Waals surface area contributed by atoms with Gasteiger partial charge in [-0.15, -0.1) is 11.3 Å². The third kappa shape index (κ3) is 2.64. The average molecular weight is 249 g/mol. The fraction of sp³-hybridized carbons (Fsp3) is 0.385. The predicted molar refractivity (Wildman–Crippen MR) is 68.1 cm³/mol. The van der Waals surface area contributed by atoms with Gasteiger partial charge in [-0.2, -0.15) is 0 Å². The average Bonchev–Trinajstić information content (AvgIpc) is 2.76. The second kappa shape index (κ2) is 4.84. The third-order valence-electron chi connectivity index (χ3n) is 2.80. The van der Waals surface area contributed by atoms with Crippen LogP contribution in [0.2, 0.25) is 0 Å². The third-order valence-corrected chi connectivity index (χ3v) is 3.83. The first kappa shape index (κ1) is 12.0. The molecule has 0 bridgehead atoms. The van der Waals surface area contributed by atoms with Gasteiger partial charge in [0.15, 0.2) is 11.6 Å². The fourth-order valence-corrected chi connectivity index (χ4v) is 2.85. The zero-order valence-corrected chi connectivity index (χ0v) is 10.8. The fourth-order valence-electron chi connectivity index (χ4n) is 2.02. The summed E-state index contributed by atoms with van der Waals surface area (Å²) in [5.74, 6) is 0.0102. The van der Waals surface area contributed by atoms with E-state index >= 15 is 0 Å². The first-order chi connectivity index (χ1) is 8.08. The maximum Gasteiger partial charge on any atom is 0.168 e. The molecular weight excluding hydrogens is 234 g/mol. The lowest BCUT2D eigenvalue weighted by Gasteiger charge is -2.21. The lowest BCUT2D eigenvalue weighted by atomic mass is 9.83. The van der Waals surface area contributed by atoms with Crippen LogP contribution in [0.4, 0.5) is 0 Å². The molecular formula is C13H15NO2S. The van der Waals surface area contributed by atoms with Gasteiger partial charge in [0, 0.05) is 43.9 Å². The highest BCUT2D eigenvalue weighted by Crippen LogP contribution is 2.33. The van der Waals surface area contributed by atoms with Crippen LogP contribution < -0.4 is 0 Å². The summed E-state index contributed by atoms with van der Waals surface area (Å²) in [7, 11) is 3.64. The zero-order valence-electron chi connectivity index (χ0n) is 9.97. The van der Waals surface area contributed by atoms with Crippen molar-refractivity contribution in [3.63, 3.8) is 0 Å². The van der Waals surface area contributed by atoms with Gasteiger partial charge < -0.3 is 4.90 Å². The number of ketones is 2. The maximum absolute atomic E-state index is 11.9. The first-order valence-corrected chi connectivity index (χ1v) is 6.44. The van der Waals surface area contributed by atoms with E-state index in [0.717, 1.165) is 4.88 Å². The molecule has 1 aliphatic carbocycles. The highest BCUT2D eigenvalue weighted by Gasteiger charge is 2.31. The standard InChI is InChI=1S/C13H15NO2S/c1-14(2)8-10-11(15)6-9(7-12(10)16)13-4-3-5-17-13/h3-5,8-9H,6-7H2,1-2H3. The molecule has 4 heteroatoms. The van der Waals surface area contributed by atoms with Crippen molar-refractivity contribution in [1.82, 2.24) is 4.90 Å². The van der Waals surface area contributed by atoms with Crippen LogP contribution in [0, 0.1) is 0 Å². The molecule has 17 heavy (non-hydrogen) atoms. The lowest BCUT2D eigenvalue weighted by Crippen LogP contribution is -2.26. The van der Waals surface area contributed by atoms with Gasteiger partial charge in [0.2, 0.25) is 0 Å². The normalized spacial score (nSPS) is 20.6. The Morgan fingerprint density at radius 2 is 1.94 bits per heavy atom. The number of carbonyl (C=O) groups excluding carboxylic acids is 2. The van der Waals surface area contributed by atoms with Crippen molar-refractivity contribution < 1.29 is 9.59 Å². The van der Waals surface area contributed by atoms with Gasteiger partial charge in [-0.25, -0.2) is 0 Å². The number of hydrogen-bond donors (Lipinski definition) is 0. The summed E-state index contributed by atoms with van der Waals surface area (Å²) in [6, 6.07) is 3.96. The highest BCUT2D eigenvalue weighted by atomic mass is 32.1. The molecule has 0 radical (unpaired) electrons. The van der Waals surface area contributed by atoms with Crippen LogP contribution in [0.5, 0.6) is 0 Å². The molecule has 3 nitrogen and oxygen atoms in total. The Labute approximate surface area is 105 Å². The molecule has 1 aromatic rings. The topological polar surface area (TPSA) is 37.4 Å². The molecule has 0 spiro atoms. The molecule has 0 unspecified atom stereocenters. The second-order valence-electron chi connectivity index (χ2n) is 4.47. The van der Waals surface area contributed by atoms with E-state index < -0.39 is 0 Å². The molecule has 0 amide bonds. The van der Waals surface area contributed by atoms with E-state index in [-0.39, 0.29) is 17.5 Å². The summed E-state index contributed by atoms with van der Waals surface area (Å²) < 4.78 is 0. The van der Waals surface area contributed by atoms with Crippen molar-refractivity contribution in [1.29, 1.82) is 0 Å². The number of carbonyl (C=O) groups is 2. The van der Waals surface area contributed by atoms with Crippen molar-refractivity contribution in [2.75, 3.05) is 14.1 Å². The van der Waals surface area contributed by atoms with E-state index in [2.05, 4.69) is 0 Å². The summed E-state index contributed by atoms with van der Waals surface area (Å²) >= 11 is 1.61. The summed E-state index contributed by atoms with van der Waals surface area (Å²) in [5.41, 5.74) is 0.350. The van der Waals surface area contributed by atoms with Crippen molar-refractivity contribution >= 4 is 22.9 Å². The second-order valence-corrected chi connectivity index (χ2v) is 5.45. The van der Waals surface area contributed by atoms with E-state index in [0.29, 0.717) is 18.4 Å². The van der Waals surface area contributed by atoms with E-state index in [1.165, 1.54) is 0 Å². The molecule has 90 valence electrons. The smallest absolute Gasteiger partial charge is 0.168 e. The molecule has 1 fully saturated rings. The van der Waals surface area contributed by atoms with Crippen LogP contribution in [-0.2, 0) is 9.59 Å². The molecule has 0 saturated heterocycles. The molecule has 1 aliphatic rings. The Hall–Kier alpha value is -1.42. The van der Waals surface area contributed by atoms with Gasteiger partial charge in [0.05, 0.1) is 5.57 Å². The van der Waals surface area contributed by atoms with Crippen LogP contribution in [0.25, 0.3) is 0 Å². The van der Waals surface area contributed by atoms with Gasteiger partial charge in [0.25, 0.3) is 0 Å². The van der Waals surface area contributed by atoms with Gasteiger partial charge in [-0.05, 0) is 11.4 Å². The number of nitrogens with zero attached hydrogens (tertiary/aromatic N) is 1. The molecule has 1 saturated carbocycles. The van der Waals surface area contributed by atoms with Gasteiger partial charge in [-0.1, -0.05) is 6.07 Å². The minimum absolute atomic E-state index is 0.0339. The number of Topliss-reactive ketones (excluding diaryl/α,β-unsaturated/α-hetero) is 2. The molecule has 0 N–H and O–H groups in total. The monoisotopic (exact) mass is 249 g/mol. The number of hydrogen-bond acceptors (Lipinski definition) is 4. The first-order valence-electron chi connectivity index (χ1n) is 5.56. The van der Waals surface area contributed by atoms with Crippen LogP contribution in [0.15, 0.2) is 29.3 Å². The van der Waals surface area contributed by atoms with Crippen molar-refractivity contribution in [2.24, 2.45) is 0 Å². The Bertz CT molecular complexity index is 440. The van der Waals surface area contributed by atoms with Gasteiger partial charge in [-0.3, -0.25) is 9.59 Å². The molecule has 1 aromatic heterocycles. The summed E-state index contributed by atoms with van der Waals surface area (Å²) in [6.45, 7) is 0. The summed E-state index contributed by atoms with van der Waals surface area (Å²) in [4.78, 5) is 26.8.